The van der Waals surface area contributed by atoms with E-state index in [0.717, 1.165) is 6.42 Å². The Balaban J connectivity index is 3.11. The van der Waals surface area contributed by atoms with E-state index in [0.29, 0.717) is 5.92 Å². The average molecular weight is 238 g/mol. The van der Waals surface area contributed by atoms with Gasteiger partial charge in [-0.1, -0.05) is 53.2 Å². The van der Waals surface area contributed by atoms with E-state index >= 15 is 0 Å². The minimum absolute atomic E-state index is 0.0280. The van der Waals surface area contributed by atoms with E-state index in [4.69, 9.17) is 5.11 Å². The van der Waals surface area contributed by atoms with Gasteiger partial charge in [-0.25, -0.2) is 0 Å². The molecule has 0 radical (unpaired) electrons. The van der Waals surface area contributed by atoms with E-state index in [1.807, 2.05) is 0 Å². The summed E-state index contributed by atoms with van der Waals surface area (Å²) in [6, 6.07) is 0. The predicted molar refractivity (Wildman–Crippen MR) is 70.8 cm³/mol. The Morgan fingerprint density at radius 2 is 1.94 bits per heavy atom. The first kappa shape index (κ1) is 14.3. The maximum atomic E-state index is 11.0. The van der Waals surface area contributed by atoms with E-state index in [9.17, 15) is 4.79 Å². The quantitative estimate of drug-likeness (QED) is 0.751. The van der Waals surface area contributed by atoms with Crippen LogP contribution in [0.2, 0.25) is 0 Å². The molecule has 1 aliphatic rings. The standard InChI is InChI=1S/C15H26O2/c1-10(2)11-8-14(3,4)12(7-13(16)17)15(5,6)9-11/h8,10,12H,7,9H2,1-6H3,(H,16,17). The summed E-state index contributed by atoms with van der Waals surface area (Å²) in [5.74, 6) is 0.0758. The van der Waals surface area contributed by atoms with Crippen molar-refractivity contribution < 1.29 is 9.90 Å². The third-order valence-corrected chi connectivity index (χ3v) is 4.18. The van der Waals surface area contributed by atoms with Gasteiger partial charge in [-0.05, 0) is 29.1 Å². The molecule has 17 heavy (non-hydrogen) atoms. The molecule has 1 aliphatic carbocycles. The van der Waals surface area contributed by atoms with E-state index in [1.54, 1.807) is 0 Å². The van der Waals surface area contributed by atoms with Crippen LogP contribution in [0.4, 0.5) is 0 Å². The number of carboxylic acid groups (broad SMARTS) is 1. The summed E-state index contributed by atoms with van der Waals surface area (Å²) in [5.41, 5.74) is 1.51. The van der Waals surface area contributed by atoms with Crippen LogP contribution in [-0.4, -0.2) is 11.1 Å². The molecule has 0 fully saturated rings. The zero-order valence-electron chi connectivity index (χ0n) is 12.0. The van der Waals surface area contributed by atoms with Crippen molar-refractivity contribution in [3.05, 3.63) is 11.6 Å². The van der Waals surface area contributed by atoms with Crippen LogP contribution in [-0.2, 0) is 4.79 Å². The molecule has 0 aliphatic heterocycles. The van der Waals surface area contributed by atoms with Crippen molar-refractivity contribution in [3.8, 4) is 0 Å². The number of hydrogen-bond acceptors (Lipinski definition) is 1. The van der Waals surface area contributed by atoms with Crippen LogP contribution in [0.1, 0.15) is 54.4 Å². The number of hydrogen-bond donors (Lipinski definition) is 1. The van der Waals surface area contributed by atoms with Crippen LogP contribution in [0.3, 0.4) is 0 Å². The Bertz CT molecular complexity index is 335. The molecule has 0 spiro atoms. The molecule has 0 aromatic heterocycles. The fourth-order valence-electron chi connectivity index (χ4n) is 3.37. The van der Waals surface area contributed by atoms with Crippen LogP contribution < -0.4 is 0 Å². The molecule has 2 heteroatoms. The van der Waals surface area contributed by atoms with Gasteiger partial charge in [0.05, 0.1) is 0 Å². The lowest BCUT2D eigenvalue weighted by molar-refractivity contribution is -0.140. The summed E-state index contributed by atoms with van der Waals surface area (Å²) in [5, 5.41) is 9.08. The maximum absolute atomic E-state index is 11.0. The lowest BCUT2D eigenvalue weighted by atomic mass is 9.56. The Morgan fingerprint density at radius 1 is 1.41 bits per heavy atom. The van der Waals surface area contributed by atoms with Gasteiger partial charge in [0.1, 0.15) is 0 Å². The predicted octanol–water partition coefficient (Wildman–Crippen LogP) is 4.12. The summed E-state index contributed by atoms with van der Waals surface area (Å²) >= 11 is 0. The average Bonchev–Trinajstić information content (AvgIpc) is 2.09. The topological polar surface area (TPSA) is 37.3 Å². The molecule has 0 heterocycles. The summed E-state index contributed by atoms with van der Waals surface area (Å²) in [7, 11) is 0. The highest BCUT2D eigenvalue weighted by Crippen LogP contribution is 2.52. The highest BCUT2D eigenvalue weighted by atomic mass is 16.4. The van der Waals surface area contributed by atoms with Gasteiger partial charge in [0.2, 0.25) is 0 Å². The highest BCUT2D eigenvalue weighted by Gasteiger charge is 2.44. The molecule has 0 saturated heterocycles. The fourth-order valence-corrected chi connectivity index (χ4v) is 3.37. The molecular formula is C15H26O2. The third-order valence-electron chi connectivity index (χ3n) is 4.18. The number of carboxylic acids is 1. The number of carbonyl (C=O) groups is 1. The molecule has 1 N–H and O–H groups in total. The molecule has 1 unspecified atom stereocenters. The molecular weight excluding hydrogens is 212 g/mol. The molecule has 98 valence electrons. The minimum atomic E-state index is -0.683. The van der Waals surface area contributed by atoms with Crippen molar-refractivity contribution in [2.75, 3.05) is 0 Å². The van der Waals surface area contributed by atoms with Crippen molar-refractivity contribution in [3.63, 3.8) is 0 Å². The molecule has 0 saturated carbocycles. The number of allylic oxidation sites excluding steroid dienone is 2. The second-order valence-corrected chi connectivity index (χ2v) is 7.01. The molecule has 1 rings (SSSR count). The third kappa shape index (κ3) is 3.11. The molecule has 0 amide bonds. The van der Waals surface area contributed by atoms with Gasteiger partial charge in [-0.2, -0.15) is 0 Å². The lowest BCUT2D eigenvalue weighted by Crippen LogP contribution is -2.41. The first-order valence-corrected chi connectivity index (χ1v) is 6.49. The van der Waals surface area contributed by atoms with Gasteiger partial charge in [-0.15, -0.1) is 0 Å². The Labute approximate surface area is 105 Å². The van der Waals surface area contributed by atoms with E-state index in [-0.39, 0.29) is 23.2 Å². The minimum Gasteiger partial charge on any atom is -0.481 e. The highest BCUT2D eigenvalue weighted by molar-refractivity contribution is 5.67. The van der Waals surface area contributed by atoms with Crippen LogP contribution in [0, 0.1) is 22.7 Å². The normalized spacial score (nSPS) is 26.8. The molecule has 0 bridgehead atoms. The smallest absolute Gasteiger partial charge is 0.303 e. The lowest BCUT2D eigenvalue weighted by Gasteiger charge is -2.48. The summed E-state index contributed by atoms with van der Waals surface area (Å²) in [6.07, 6.45) is 3.60. The largest absolute Gasteiger partial charge is 0.481 e. The number of aliphatic carboxylic acids is 1. The van der Waals surface area contributed by atoms with Crippen LogP contribution in [0.25, 0.3) is 0 Å². The van der Waals surface area contributed by atoms with Crippen molar-refractivity contribution in [1.82, 2.24) is 0 Å². The first-order valence-electron chi connectivity index (χ1n) is 6.49. The Morgan fingerprint density at radius 3 is 2.29 bits per heavy atom. The summed E-state index contributed by atoms with van der Waals surface area (Å²) in [6.45, 7) is 13.2. The monoisotopic (exact) mass is 238 g/mol. The molecule has 1 atom stereocenters. The molecule has 0 aromatic rings. The van der Waals surface area contributed by atoms with E-state index < -0.39 is 5.97 Å². The maximum Gasteiger partial charge on any atom is 0.303 e. The van der Waals surface area contributed by atoms with Gasteiger partial charge in [0, 0.05) is 6.42 Å². The van der Waals surface area contributed by atoms with Crippen LogP contribution in [0.15, 0.2) is 11.6 Å². The fraction of sp³-hybridized carbons (Fsp3) is 0.800. The van der Waals surface area contributed by atoms with E-state index in [2.05, 4.69) is 47.6 Å². The van der Waals surface area contributed by atoms with Gasteiger partial charge >= 0.3 is 5.97 Å². The van der Waals surface area contributed by atoms with Gasteiger partial charge in [0.15, 0.2) is 0 Å². The van der Waals surface area contributed by atoms with Gasteiger partial charge < -0.3 is 5.11 Å². The van der Waals surface area contributed by atoms with Crippen molar-refractivity contribution >= 4 is 5.97 Å². The van der Waals surface area contributed by atoms with Crippen molar-refractivity contribution in [2.45, 2.75) is 54.4 Å². The Kier molecular flexibility index (Phi) is 3.75. The number of rotatable bonds is 3. The van der Waals surface area contributed by atoms with Crippen LogP contribution >= 0.6 is 0 Å². The van der Waals surface area contributed by atoms with Gasteiger partial charge in [0.25, 0.3) is 0 Å². The second-order valence-electron chi connectivity index (χ2n) is 7.01. The first-order chi connectivity index (χ1) is 7.56. The second kappa shape index (κ2) is 4.47. The Hall–Kier alpha value is -0.790. The van der Waals surface area contributed by atoms with E-state index in [1.165, 1.54) is 5.57 Å². The van der Waals surface area contributed by atoms with Crippen molar-refractivity contribution in [2.24, 2.45) is 22.7 Å². The van der Waals surface area contributed by atoms with Gasteiger partial charge in [-0.3, -0.25) is 4.79 Å². The molecule has 0 aromatic carbocycles. The zero-order chi connectivity index (χ0) is 13.4. The van der Waals surface area contributed by atoms with Crippen molar-refractivity contribution in [1.29, 1.82) is 0 Å². The SMILES string of the molecule is CC(C)C1=CC(C)(C)C(CC(=O)O)C(C)(C)C1. The summed E-state index contributed by atoms with van der Waals surface area (Å²) in [4.78, 5) is 11.0. The van der Waals surface area contributed by atoms with Crippen LogP contribution in [0.5, 0.6) is 0 Å². The zero-order valence-corrected chi connectivity index (χ0v) is 12.0. The summed E-state index contributed by atoms with van der Waals surface area (Å²) < 4.78 is 0. The molecule has 2 nitrogen and oxygen atoms in total.